The second-order valence-electron chi connectivity index (χ2n) is 4.78. The van der Waals surface area contributed by atoms with Crippen LogP contribution < -0.4 is 11.1 Å². The molecule has 0 aliphatic carbocycles. The number of halogens is 3. The Bertz CT molecular complexity index is 651. The molecule has 0 aromatic heterocycles. The molecule has 3 N–H and O–H groups in total. The van der Waals surface area contributed by atoms with Gasteiger partial charge in [0, 0.05) is 18.7 Å². The highest BCUT2D eigenvalue weighted by Gasteiger charge is 2.30. The highest BCUT2D eigenvalue weighted by molar-refractivity contribution is 5.94. The average Bonchev–Trinajstić information content (AvgIpc) is 2.52. The fourth-order valence-corrected chi connectivity index (χ4v) is 1.91. The molecule has 0 radical (unpaired) electrons. The van der Waals surface area contributed by atoms with Gasteiger partial charge < -0.3 is 11.1 Å². The molecule has 22 heavy (non-hydrogen) atoms. The first kappa shape index (κ1) is 16.0. The molecule has 0 unspecified atom stereocenters. The first-order valence-corrected chi connectivity index (χ1v) is 6.63. The van der Waals surface area contributed by atoms with E-state index in [9.17, 15) is 18.0 Å². The van der Waals surface area contributed by atoms with Crippen LogP contribution in [0, 0.1) is 0 Å². The molecule has 0 saturated heterocycles. The zero-order chi connectivity index (χ0) is 16.2. The molecule has 2 aromatic rings. The average molecular weight is 308 g/mol. The number of hydrogen-bond donors (Lipinski definition) is 2. The molecule has 3 nitrogen and oxygen atoms in total. The van der Waals surface area contributed by atoms with Crippen molar-refractivity contribution in [3.63, 3.8) is 0 Å². The maximum Gasteiger partial charge on any atom is 0.416 e. The van der Waals surface area contributed by atoms with E-state index >= 15 is 0 Å². The smallest absolute Gasteiger partial charge is 0.348 e. The zero-order valence-electron chi connectivity index (χ0n) is 11.7. The van der Waals surface area contributed by atoms with Gasteiger partial charge in [-0.2, -0.15) is 13.2 Å². The number of nitrogens with one attached hydrogen (secondary N) is 1. The summed E-state index contributed by atoms with van der Waals surface area (Å²) < 4.78 is 37.8. The van der Waals surface area contributed by atoms with Gasteiger partial charge in [-0.05, 0) is 29.3 Å². The number of alkyl halides is 3. The third-order valence-corrected chi connectivity index (χ3v) is 3.16. The van der Waals surface area contributed by atoms with Crippen molar-refractivity contribution in [1.29, 1.82) is 0 Å². The molecular formula is C16H15F3N2O. The lowest BCUT2D eigenvalue weighted by molar-refractivity contribution is -0.137. The highest BCUT2D eigenvalue weighted by Crippen LogP contribution is 2.29. The first-order chi connectivity index (χ1) is 10.4. The third-order valence-electron chi connectivity index (χ3n) is 3.16. The molecule has 0 bridgehead atoms. The molecule has 116 valence electrons. The second kappa shape index (κ2) is 6.62. The fourth-order valence-electron chi connectivity index (χ4n) is 1.91. The van der Waals surface area contributed by atoms with E-state index in [4.69, 9.17) is 5.73 Å². The number of carbonyl (C=O) groups is 1. The van der Waals surface area contributed by atoms with E-state index in [0.29, 0.717) is 6.54 Å². The summed E-state index contributed by atoms with van der Waals surface area (Å²) in [4.78, 5) is 11.9. The Labute approximate surface area is 125 Å². The maximum atomic E-state index is 12.6. The molecule has 0 heterocycles. The van der Waals surface area contributed by atoms with Crippen LogP contribution in [-0.2, 0) is 19.3 Å². The largest absolute Gasteiger partial charge is 0.416 e. The van der Waals surface area contributed by atoms with Crippen LogP contribution in [0.4, 0.5) is 13.2 Å². The van der Waals surface area contributed by atoms with Crippen molar-refractivity contribution in [3.05, 3.63) is 70.8 Å². The molecule has 2 rings (SSSR count). The summed E-state index contributed by atoms with van der Waals surface area (Å²) in [6.45, 7) is 0.663. The predicted molar refractivity (Wildman–Crippen MR) is 76.9 cm³/mol. The van der Waals surface area contributed by atoms with Crippen molar-refractivity contribution >= 4 is 5.91 Å². The van der Waals surface area contributed by atoms with Crippen molar-refractivity contribution in [2.24, 2.45) is 5.73 Å². The van der Waals surface area contributed by atoms with Gasteiger partial charge >= 0.3 is 6.18 Å². The Kier molecular flexibility index (Phi) is 4.82. The Morgan fingerprint density at radius 3 is 2.27 bits per heavy atom. The number of rotatable bonds is 4. The summed E-state index contributed by atoms with van der Waals surface area (Å²) in [6, 6.07) is 11.6. The van der Waals surface area contributed by atoms with E-state index < -0.39 is 17.6 Å². The topological polar surface area (TPSA) is 55.1 Å². The van der Waals surface area contributed by atoms with Crippen LogP contribution in [-0.4, -0.2) is 5.91 Å². The maximum absolute atomic E-state index is 12.6. The first-order valence-electron chi connectivity index (χ1n) is 6.63. The fraction of sp³-hybridized carbons (Fsp3) is 0.188. The monoisotopic (exact) mass is 308 g/mol. The van der Waals surface area contributed by atoms with Crippen molar-refractivity contribution in [3.8, 4) is 0 Å². The van der Waals surface area contributed by atoms with Crippen molar-refractivity contribution in [2.45, 2.75) is 19.3 Å². The number of nitrogens with two attached hydrogens (primary N) is 1. The van der Waals surface area contributed by atoms with Crippen molar-refractivity contribution in [2.75, 3.05) is 0 Å². The molecule has 0 fully saturated rings. The molecule has 0 spiro atoms. The van der Waals surface area contributed by atoms with Gasteiger partial charge in [-0.3, -0.25) is 4.79 Å². The Morgan fingerprint density at radius 2 is 1.68 bits per heavy atom. The SMILES string of the molecule is NCc1ccc(CNC(=O)c2cccc(C(F)(F)F)c2)cc1. The minimum absolute atomic E-state index is 0.0200. The summed E-state index contributed by atoms with van der Waals surface area (Å²) in [5, 5.41) is 2.59. The van der Waals surface area contributed by atoms with Crippen LogP contribution >= 0.6 is 0 Å². The molecule has 0 saturated carbocycles. The van der Waals surface area contributed by atoms with Gasteiger partial charge in [0.25, 0.3) is 5.91 Å². The molecule has 2 aromatic carbocycles. The van der Waals surface area contributed by atoms with Gasteiger partial charge in [-0.25, -0.2) is 0 Å². The minimum Gasteiger partial charge on any atom is -0.348 e. The summed E-state index contributed by atoms with van der Waals surface area (Å²) in [5.74, 6) is -0.547. The van der Waals surface area contributed by atoms with Crippen molar-refractivity contribution in [1.82, 2.24) is 5.32 Å². The summed E-state index contributed by atoms with van der Waals surface area (Å²) in [6.07, 6.45) is -4.46. The van der Waals surface area contributed by atoms with E-state index in [1.807, 2.05) is 24.3 Å². The molecular weight excluding hydrogens is 293 g/mol. The van der Waals surface area contributed by atoms with Gasteiger partial charge in [-0.15, -0.1) is 0 Å². The highest BCUT2D eigenvalue weighted by atomic mass is 19.4. The molecule has 6 heteroatoms. The number of amides is 1. The van der Waals surface area contributed by atoms with Crippen LogP contribution in [0.3, 0.4) is 0 Å². The second-order valence-corrected chi connectivity index (χ2v) is 4.78. The lowest BCUT2D eigenvalue weighted by Crippen LogP contribution is -2.23. The molecule has 0 aliphatic heterocycles. The lowest BCUT2D eigenvalue weighted by Gasteiger charge is -2.09. The Hall–Kier alpha value is -2.34. The number of benzene rings is 2. The van der Waals surface area contributed by atoms with E-state index in [-0.39, 0.29) is 12.1 Å². The number of hydrogen-bond acceptors (Lipinski definition) is 2. The Morgan fingerprint density at radius 1 is 1.05 bits per heavy atom. The van der Waals surface area contributed by atoms with Crippen LogP contribution in [0.1, 0.15) is 27.0 Å². The van der Waals surface area contributed by atoms with Crippen LogP contribution in [0.25, 0.3) is 0 Å². The predicted octanol–water partition coefficient (Wildman–Crippen LogP) is 3.09. The molecule has 0 aliphatic rings. The van der Waals surface area contributed by atoms with Gasteiger partial charge in [-0.1, -0.05) is 30.3 Å². The number of carbonyl (C=O) groups excluding carboxylic acids is 1. The van der Waals surface area contributed by atoms with Crippen LogP contribution in [0.5, 0.6) is 0 Å². The normalized spacial score (nSPS) is 11.3. The Balaban J connectivity index is 2.03. The molecule has 0 atom stereocenters. The summed E-state index contributed by atoms with van der Waals surface area (Å²) in [7, 11) is 0. The minimum atomic E-state index is -4.46. The van der Waals surface area contributed by atoms with Gasteiger partial charge in [0.15, 0.2) is 0 Å². The van der Waals surface area contributed by atoms with Crippen molar-refractivity contribution < 1.29 is 18.0 Å². The molecule has 1 amide bonds. The van der Waals surface area contributed by atoms with Gasteiger partial charge in [0.05, 0.1) is 5.56 Å². The van der Waals surface area contributed by atoms with Crippen LogP contribution in [0.15, 0.2) is 48.5 Å². The third kappa shape index (κ3) is 4.08. The van der Waals surface area contributed by atoms with Crippen LogP contribution in [0.2, 0.25) is 0 Å². The van der Waals surface area contributed by atoms with E-state index in [1.54, 1.807) is 0 Å². The quantitative estimate of drug-likeness (QED) is 0.912. The lowest BCUT2D eigenvalue weighted by atomic mass is 10.1. The van der Waals surface area contributed by atoms with E-state index in [1.165, 1.54) is 12.1 Å². The van der Waals surface area contributed by atoms with E-state index in [2.05, 4.69) is 5.32 Å². The summed E-state index contributed by atoms with van der Waals surface area (Å²) in [5.41, 5.74) is 6.44. The zero-order valence-corrected chi connectivity index (χ0v) is 11.7. The van der Waals surface area contributed by atoms with E-state index in [0.717, 1.165) is 23.3 Å². The van der Waals surface area contributed by atoms with Gasteiger partial charge in [0.1, 0.15) is 0 Å². The standard InChI is InChI=1S/C16H15F3N2O/c17-16(18,19)14-3-1-2-13(8-14)15(22)21-10-12-6-4-11(9-20)5-7-12/h1-8H,9-10,20H2,(H,21,22). The van der Waals surface area contributed by atoms with Gasteiger partial charge in [0.2, 0.25) is 0 Å². The summed E-state index contributed by atoms with van der Waals surface area (Å²) >= 11 is 0.